The average Bonchev–Trinajstić information content (AvgIpc) is 2.76. The summed E-state index contributed by atoms with van der Waals surface area (Å²) in [4.78, 5) is 12.0. The first-order valence-corrected chi connectivity index (χ1v) is 7.06. The molecule has 4 nitrogen and oxygen atoms in total. The first kappa shape index (κ1) is 13.7. The summed E-state index contributed by atoms with van der Waals surface area (Å²) >= 11 is 1.43. The summed E-state index contributed by atoms with van der Waals surface area (Å²) in [5.41, 5.74) is 1.76. The van der Waals surface area contributed by atoms with E-state index in [1.54, 1.807) is 12.1 Å². The highest BCUT2D eigenvalue weighted by Gasteiger charge is 2.10. The summed E-state index contributed by atoms with van der Waals surface area (Å²) in [7, 11) is 0. The van der Waals surface area contributed by atoms with Crippen LogP contribution in [-0.2, 0) is 6.42 Å². The normalized spacial score (nSPS) is 10.7. The van der Waals surface area contributed by atoms with Crippen LogP contribution >= 0.6 is 11.3 Å². The van der Waals surface area contributed by atoms with Crippen molar-refractivity contribution in [2.24, 2.45) is 5.92 Å². The molecule has 0 saturated heterocycles. The van der Waals surface area contributed by atoms with Gasteiger partial charge in [0.15, 0.2) is 0 Å². The van der Waals surface area contributed by atoms with Gasteiger partial charge in [-0.2, -0.15) is 0 Å². The lowest BCUT2D eigenvalue weighted by Crippen LogP contribution is -2.11. The fourth-order valence-electron chi connectivity index (χ4n) is 1.61. The molecule has 0 aliphatic carbocycles. The molecule has 0 saturated carbocycles. The van der Waals surface area contributed by atoms with Crippen molar-refractivity contribution in [1.29, 1.82) is 0 Å². The van der Waals surface area contributed by atoms with E-state index in [0.29, 0.717) is 16.6 Å². The highest BCUT2D eigenvalue weighted by atomic mass is 32.1. The van der Waals surface area contributed by atoms with E-state index in [2.05, 4.69) is 29.4 Å². The molecule has 19 heavy (non-hydrogen) atoms. The molecule has 2 aromatic rings. The minimum absolute atomic E-state index is 0.146. The van der Waals surface area contributed by atoms with Crippen molar-refractivity contribution in [3.63, 3.8) is 0 Å². The molecule has 0 unspecified atom stereocenters. The van der Waals surface area contributed by atoms with E-state index < -0.39 is 0 Å². The fraction of sp³-hybridized carbons (Fsp3) is 0.357. The van der Waals surface area contributed by atoms with Crippen LogP contribution in [0, 0.1) is 12.8 Å². The number of hydrogen-bond acceptors (Lipinski definition) is 4. The number of aromatic nitrogens is 2. The Hall–Kier alpha value is -1.75. The summed E-state index contributed by atoms with van der Waals surface area (Å²) in [6, 6.07) is 7.44. The predicted octanol–water partition coefficient (Wildman–Crippen LogP) is 3.30. The Kier molecular flexibility index (Phi) is 4.27. The minimum atomic E-state index is -0.146. The van der Waals surface area contributed by atoms with Crippen LogP contribution in [0.5, 0.6) is 0 Å². The molecule has 1 amide bonds. The van der Waals surface area contributed by atoms with Gasteiger partial charge in [-0.05, 0) is 25.0 Å². The zero-order chi connectivity index (χ0) is 13.8. The van der Waals surface area contributed by atoms with Gasteiger partial charge in [0.2, 0.25) is 5.13 Å². The Morgan fingerprint density at radius 3 is 2.58 bits per heavy atom. The first-order valence-electron chi connectivity index (χ1n) is 6.25. The number of carbonyl (C=O) groups excluding carboxylic acids is 1. The maximum atomic E-state index is 12.0. The van der Waals surface area contributed by atoms with Gasteiger partial charge in [0.1, 0.15) is 5.01 Å². The summed E-state index contributed by atoms with van der Waals surface area (Å²) in [6.45, 7) is 6.25. The molecule has 1 aromatic heterocycles. The fourth-order valence-corrected chi connectivity index (χ4v) is 2.56. The quantitative estimate of drug-likeness (QED) is 0.931. The molecular weight excluding hydrogens is 258 g/mol. The third-order valence-corrected chi connectivity index (χ3v) is 3.44. The van der Waals surface area contributed by atoms with Crippen molar-refractivity contribution in [2.75, 3.05) is 5.32 Å². The zero-order valence-electron chi connectivity index (χ0n) is 11.3. The second kappa shape index (κ2) is 5.93. The minimum Gasteiger partial charge on any atom is -0.296 e. The highest BCUT2D eigenvalue weighted by Crippen LogP contribution is 2.19. The molecule has 0 bridgehead atoms. The van der Waals surface area contributed by atoms with E-state index >= 15 is 0 Å². The van der Waals surface area contributed by atoms with Gasteiger partial charge in [0, 0.05) is 12.0 Å². The van der Waals surface area contributed by atoms with Crippen molar-refractivity contribution in [3.05, 3.63) is 40.4 Å². The molecule has 2 rings (SSSR count). The van der Waals surface area contributed by atoms with Gasteiger partial charge >= 0.3 is 0 Å². The summed E-state index contributed by atoms with van der Waals surface area (Å²) in [6.07, 6.45) is 0.887. The molecule has 1 heterocycles. The van der Waals surface area contributed by atoms with Gasteiger partial charge in [0.05, 0.1) is 0 Å². The Morgan fingerprint density at radius 1 is 1.26 bits per heavy atom. The lowest BCUT2D eigenvalue weighted by molar-refractivity contribution is 0.102. The number of anilines is 1. The second-order valence-corrected chi connectivity index (χ2v) is 5.98. The van der Waals surface area contributed by atoms with Crippen LogP contribution < -0.4 is 5.32 Å². The molecule has 0 atom stereocenters. The van der Waals surface area contributed by atoms with Crippen LogP contribution in [0.15, 0.2) is 24.3 Å². The van der Waals surface area contributed by atoms with Gasteiger partial charge in [-0.25, -0.2) is 0 Å². The number of carbonyl (C=O) groups is 1. The SMILES string of the molecule is Cc1ccc(C(=O)Nc2nnc(CC(C)C)s2)cc1. The molecule has 0 spiro atoms. The molecule has 1 N–H and O–H groups in total. The van der Waals surface area contributed by atoms with Gasteiger partial charge in [-0.3, -0.25) is 10.1 Å². The van der Waals surface area contributed by atoms with Crippen molar-refractivity contribution in [2.45, 2.75) is 27.2 Å². The molecule has 0 fully saturated rings. The molecule has 0 aliphatic rings. The Bertz CT molecular complexity index is 560. The number of aryl methyl sites for hydroxylation is 1. The third-order valence-electron chi connectivity index (χ3n) is 2.58. The molecular formula is C14H17N3OS. The number of hydrogen-bond donors (Lipinski definition) is 1. The summed E-state index contributed by atoms with van der Waals surface area (Å²) < 4.78 is 0. The molecule has 5 heteroatoms. The van der Waals surface area contributed by atoms with E-state index in [9.17, 15) is 4.79 Å². The van der Waals surface area contributed by atoms with Gasteiger partial charge in [-0.1, -0.05) is 42.9 Å². The van der Waals surface area contributed by atoms with Crippen molar-refractivity contribution in [3.8, 4) is 0 Å². The van der Waals surface area contributed by atoms with Crippen LogP contribution in [0.4, 0.5) is 5.13 Å². The van der Waals surface area contributed by atoms with Gasteiger partial charge < -0.3 is 0 Å². The number of nitrogens with zero attached hydrogens (tertiary/aromatic N) is 2. The van der Waals surface area contributed by atoms with Crippen LogP contribution in [0.2, 0.25) is 0 Å². The van der Waals surface area contributed by atoms with E-state index in [4.69, 9.17) is 0 Å². The predicted molar refractivity (Wildman–Crippen MR) is 77.6 cm³/mol. The van der Waals surface area contributed by atoms with Crippen molar-refractivity contribution >= 4 is 22.4 Å². The summed E-state index contributed by atoms with van der Waals surface area (Å²) in [5, 5.41) is 12.3. The monoisotopic (exact) mass is 275 g/mol. The van der Waals surface area contributed by atoms with Crippen molar-refractivity contribution in [1.82, 2.24) is 10.2 Å². The smallest absolute Gasteiger partial charge is 0.257 e. The maximum Gasteiger partial charge on any atom is 0.257 e. The maximum absolute atomic E-state index is 12.0. The number of nitrogens with one attached hydrogen (secondary N) is 1. The van der Waals surface area contributed by atoms with Gasteiger partial charge in [-0.15, -0.1) is 10.2 Å². The zero-order valence-corrected chi connectivity index (χ0v) is 12.1. The Balaban J connectivity index is 2.02. The second-order valence-electron chi connectivity index (χ2n) is 4.92. The first-order chi connectivity index (χ1) is 9.04. The van der Waals surface area contributed by atoms with E-state index in [-0.39, 0.29) is 5.91 Å². The Labute approximate surface area is 116 Å². The Morgan fingerprint density at radius 2 is 1.95 bits per heavy atom. The van der Waals surface area contributed by atoms with E-state index in [1.807, 2.05) is 19.1 Å². The molecule has 100 valence electrons. The number of rotatable bonds is 4. The largest absolute Gasteiger partial charge is 0.296 e. The molecule has 0 aliphatic heterocycles. The van der Waals surface area contributed by atoms with Crippen LogP contribution in [0.3, 0.4) is 0 Å². The standard InChI is InChI=1S/C14H17N3OS/c1-9(2)8-12-16-17-14(19-12)15-13(18)11-6-4-10(3)5-7-11/h4-7,9H,8H2,1-3H3,(H,15,17,18). The lowest BCUT2D eigenvalue weighted by atomic mass is 10.1. The number of benzene rings is 1. The van der Waals surface area contributed by atoms with Crippen molar-refractivity contribution < 1.29 is 4.79 Å². The lowest BCUT2D eigenvalue weighted by Gasteiger charge is -2.01. The highest BCUT2D eigenvalue weighted by molar-refractivity contribution is 7.15. The van der Waals surface area contributed by atoms with E-state index in [0.717, 1.165) is 17.0 Å². The molecule has 0 radical (unpaired) electrons. The number of amides is 1. The van der Waals surface area contributed by atoms with Crippen LogP contribution in [0.25, 0.3) is 0 Å². The summed E-state index contributed by atoms with van der Waals surface area (Å²) in [5.74, 6) is 0.390. The van der Waals surface area contributed by atoms with Crippen LogP contribution in [-0.4, -0.2) is 16.1 Å². The third kappa shape index (κ3) is 3.86. The average molecular weight is 275 g/mol. The van der Waals surface area contributed by atoms with Gasteiger partial charge in [0.25, 0.3) is 5.91 Å². The molecule has 1 aromatic carbocycles. The van der Waals surface area contributed by atoms with Crippen LogP contribution in [0.1, 0.15) is 34.8 Å². The topological polar surface area (TPSA) is 54.9 Å². The van der Waals surface area contributed by atoms with E-state index in [1.165, 1.54) is 11.3 Å².